The van der Waals surface area contributed by atoms with Crippen LogP contribution in [0.5, 0.6) is 0 Å². The molecule has 1 unspecified atom stereocenters. The predicted octanol–water partition coefficient (Wildman–Crippen LogP) is 4.42. The molecule has 0 heteroatoms. The summed E-state index contributed by atoms with van der Waals surface area (Å²) in [6, 6.07) is 0. The zero-order valence-corrected chi connectivity index (χ0v) is 9.41. The summed E-state index contributed by atoms with van der Waals surface area (Å²) in [4.78, 5) is 0. The minimum atomic E-state index is 0.486. The van der Waals surface area contributed by atoms with Crippen LogP contribution >= 0.6 is 0 Å². The van der Waals surface area contributed by atoms with Crippen LogP contribution in [0.15, 0.2) is 12.2 Å². The molecule has 0 amide bonds. The van der Waals surface area contributed by atoms with Crippen LogP contribution in [0.2, 0.25) is 0 Å². The standard InChI is InChI=1S/C12H24/c1-7-12(6,8-10(2)3)9-11(4)5/h11H,2,7-9H2,1,3-6H3. The van der Waals surface area contributed by atoms with Gasteiger partial charge in [0.15, 0.2) is 0 Å². The maximum Gasteiger partial charge on any atom is -0.0271 e. The Hall–Kier alpha value is -0.260. The number of allylic oxidation sites excluding steroid dienone is 1. The summed E-state index contributed by atoms with van der Waals surface area (Å²) in [5.41, 5.74) is 1.81. The molecule has 72 valence electrons. The molecule has 0 aromatic rings. The van der Waals surface area contributed by atoms with Crippen molar-refractivity contribution in [2.24, 2.45) is 11.3 Å². The molecule has 0 heterocycles. The van der Waals surface area contributed by atoms with Gasteiger partial charge in [-0.2, -0.15) is 0 Å². The van der Waals surface area contributed by atoms with E-state index >= 15 is 0 Å². The Balaban J connectivity index is 4.13. The highest BCUT2D eigenvalue weighted by Crippen LogP contribution is 2.35. The van der Waals surface area contributed by atoms with E-state index in [1.165, 1.54) is 24.8 Å². The fourth-order valence-electron chi connectivity index (χ4n) is 2.06. The van der Waals surface area contributed by atoms with E-state index in [4.69, 9.17) is 0 Å². The van der Waals surface area contributed by atoms with Crippen LogP contribution < -0.4 is 0 Å². The van der Waals surface area contributed by atoms with E-state index in [2.05, 4.69) is 41.2 Å². The van der Waals surface area contributed by atoms with Gasteiger partial charge >= 0.3 is 0 Å². The molecule has 0 aliphatic heterocycles. The number of hydrogen-bond donors (Lipinski definition) is 0. The van der Waals surface area contributed by atoms with Gasteiger partial charge in [-0.15, -0.1) is 6.58 Å². The second kappa shape index (κ2) is 4.69. The first kappa shape index (κ1) is 11.7. The van der Waals surface area contributed by atoms with Crippen LogP contribution in [-0.4, -0.2) is 0 Å². The van der Waals surface area contributed by atoms with Crippen LogP contribution in [0, 0.1) is 11.3 Å². The highest BCUT2D eigenvalue weighted by atomic mass is 14.3. The highest BCUT2D eigenvalue weighted by molar-refractivity contribution is 4.95. The summed E-state index contributed by atoms with van der Waals surface area (Å²) in [7, 11) is 0. The Morgan fingerprint density at radius 2 is 1.92 bits per heavy atom. The van der Waals surface area contributed by atoms with Crippen molar-refractivity contribution in [3.8, 4) is 0 Å². The topological polar surface area (TPSA) is 0 Å². The summed E-state index contributed by atoms with van der Waals surface area (Å²) in [5, 5.41) is 0. The Labute approximate surface area is 78.1 Å². The first-order chi connectivity index (χ1) is 5.39. The van der Waals surface area contributed by atoms with Gasteiger partial charge in [0, 0.05) is 0 Å². The maximum absolute atomic E-state index is 4.00. The number of rotatable bonds is 5. The van der Waals surface area contributed by atoms with E-state index in [0.717, 1.165) is 5.92 Å². The molecule has 0 aromatic carbocycles. The molecule has 0 rings (SSSR count). The zero-order chi connectivity index (χ0) is 9.78. The van der Waals surface area contributed by atoms with Crippen molar-refractivity contribution in [3.05, 3.63) is 12.2 Å². The molecule has 0 aliphatic carbocycles. The summed E-state index contributed by atoms with van der Waals surface area (Å²) in [6.45, 7) is 15.4. The summed E-state index contributed by atoms with van der Waals surface area (Å²) < 4.78 is 0. The minimum Gasteiger partial charge on any atom is -0.100 e. The van der Waals surface area contributed by atoms with Crippen molar-refractivity contribution in [1.82, 2.24) is 0 Å². The Morgan fingerprint density at radius 3 is 2.17 bits per heavy atom. The summed E-state index contributed by atoms with van der Waals surface area (Å²) >= 11 is 0. The average Bonchev–Trinajstić information content (AvgIpc) is 1.83. The Bertz CT molecular complexity index is 144. The molecule has 0 bridgehead atoms. The van der Waals surface area contributed by atoms with Crippen LogP contribution in [0.4, 0.5) is 0 Å². The molecular weight excluding hydrogens is 144 g/mol. The Kier molecular flexibility index (Phi) is 4.59. The predicted molar refractivity (Wildman–Crippen MR) is 57.3 cm³/mol. The van der Waals surface area contributed by atoms with Gasteiger partial charge < -0.3 is 0 Å². The van der Waals surface area contributed by atoms with Gasteiger partial charge in [-0.3, -0.25) is 0 Å². The third-order valence-corrected chi connectivity index (χ3v) is 2.48. The lowest BCUT2D eigenvalue weighted by Gasteiger charge is -2.30. The fraction of sp³-hybridized carbons (Fsp3) is 0.833. The molecule has 0 N–H and O–H groups in total. The minimum absolute atomic E-state index is 0.486. The summed E-state index contributed by atoms with van der Waals surface area (Å²) in [6.07, 6.45) is 3.76. The lowest BCUT2D eigenvalue weighted by Crippen LogP contribution is -2.18. The quantitative estimate of drug-likeness (QED) is 0.533. The molecule has 12 heavy (non-hydrogen) atoms. The first-order valence-electron chi connectivity index (χ1n) is 5.04. The van der Waals surface area contributed by atoms with Crippen molar-refractivity contribution in [2.75, 3.05) is 0 Å². The normalized spacial score (nSPS) is 16.2. The van der Waals surface area contributed by atoms with E-state index in [0.29, 0.717) is 5.41 Å². The van der Waals surface area contributed by atoms with Gasteiger partial charge in [0.05, 0.1) is 0 Å². The monoisotopic (exact) mass is 168 g/mol. The van der Waals surface area contributed by atoms with Gasteiger partial charge in [-0.25, -0.2) is 0 Å². The molecule has 0 saturated carbocycles. The second-order valence-electron chi connectivity index (χ2n) is 4.90. The van der Waals surface area contributed by atoms with Crippen molar-refractivity contribution >= 4 is 0 Å². The smallest absolute Gasteiger partial charge is 0.0271 e. The zero-order valence-electron chi connectivity index (χ0n) is 9.41. The molecule has 0 spiro atoms. The van der Waals surface area contributed by atoms with E-state index in [1.54, 1.807) is 0 Å². The first-order valence-corrected chi connectivity index (χ1v) is 5.04. The van der Waals surface area contributed by atoms with E-state index in [1.807, 2.05) is 0 Å². The molecule has 0 aliphatic rings. The third-order valence-electron chi connectivity index (χ3n) is 2.48. The lowest BCUT2D eigenvalue weighted by atomic mass is 9.75. The van der Waals surface area contributed by atoms with Gasteiger partial charge in [0.2, 0.25) is 0 Å². The molecule has 0 aromatic heterocycles. The van der Waals surface area contributed by atoms with Crippen LogP contribution in [0.1, 0.15) is 53.9 Å². The maximum atomic E-state index is 4.00. The van der Waals surface area contributed by atoms with Crippen molar-refractivity contribution in [2.45, 2.75) is 53.9 Å². The van der Waals surface area contributed by atoms with Crippen LogP contribution in [0.3, 0.4) is 0 Å². The van der Waals surface area contributed by atoms with Gasteiger partial charge in [0.1, 0.15) is 0 Å². The largest absolute Gasteiger partial charge is 0.100 e. The SMILES string of the molecule is C=C(C)CC(C)(CC)CC(C)C. The van der Waals surface area contributed by atoms with Gasteiger partial charge in [0.25, 0.3) is 0 Å². The average molecular weight is 168 g/mol. The Morgan fingerprint density at radius 1 is 1.42 bits per heavy atom. The molecule has 0 saturated heterocycles. The van der Waals surface area contributed by atoms with Gasteiger partial charge in [-0.05, 0) is 31.1 Å². The lowest BCUT2D eigenvalue weighted by molar-refractivity contribution is 0.244. The van der Waals surface area contributed by atoms with Crippen molar-refractivity contribution < 1.29 is 0 Å². The highest BCUT2D eigenvalue weighted by Gasteiger charge is 2.22. The molecule has 0 fully saturated rings. The van der Waals surface area contributed by atoms with E-state index < -0.39 is 0 Å². The van der Waals surface area contributed by atoms with Crippen molar-refractivity contribution in [1.29, 1.82) is 0 Å². The van der Waals surface area contributed by atoms with E-state index in [9.17, 15) is 0 Å². The van der Waals surface area contributed by atoms with Crippen molar-refractivity contribution in [3.63, 3.8) is 0 Å². The van der Waals surface area contributed by atoms with Gasteiger partial charge in [-0.1, -0.05) is 39.7 Å². The molecule has 0 nitrogen and oxygen atoms in total. The van der Waals surface area contributed by atoms with E-state index in [-0.39, 0.29) is 0 Å². The van der Waals surface area contributed by atoms with Crippen LogP contribution in [-0.2, 0) is 0 Å². The van der Waals surface area contributed by atoms with Crippen LogP contribution in [0.25, 0.3) is 0 Å². The summed E-state index contributed by atoms with van der Waals surface area (Å²) in [5.74, 6) is 0.800. The fourth-order valence-corrected chi connectivity index (χ4v) is 2.06. The molecular formula is C12H24. The molecule has 0 radical (unpaired) electrons. The second-order valence-corrected chi connectivity index (χ2v) is 4.90. The molecule has 1 atom stereocenters. The number of hydrogen-bond acceptors (Lipinski definition) is 0. The third kappa shape index (κ3) is 4.58.